The molecule has 1 atom stereocenters. The van der Waals surface area contributed by atoms with E-state index >= 15 is 0 Å². The van der Waals surface area contributed by atoms with Gasteiger partial charge >= 0.3 is 6.09 Å². The van der Waals surface area contributed by atoms with Gasteiger partial charge in [-0.15, -0.1) is 0 Å². The highest BCUT2D eigenvalue weighted by atomic mass is 16.5. The van der Waals surface area contributed by atoms with Crippen molar-refractivity contribution in [3.8, 4) is 5.75 Å². The maximum atomic E-state index is 10.9. The number of aliphatic hydroxyl groups is 1. The van der Waals surface area contributed by atoms with Crippen molar-refractivity contribution in [2.75, 3.05) is 26.8 Å². The zero-order chi connectivity index (χ0) is 17.1. The van der Waals surface area contributed by atoms with Crippen LogP contribution >= 0.6 is 0 Å². The van der Waals surface area contributed by atoms with Gasteiger partial charge in [-0.05, 0) is 30.5 Å². The normalized spacial score (nSPS) is 12.0. The summed E-state index contributed by atoms with van der Waals surface area (Å²) in [5.41, 5.74) is 1.11. The molecule has 0 radical (unpaired) electrons. The van der Waals surface area contributed by atoms with Gasteiger partial charge in [0.1, 0.15) is 18.5 Å². The fourth-order valence-electron chi connectivity index (χ4n) is 1.93. The van der Waals surface area contributed by atoms with Gasteiger partial charge in [-0.2, -0.15) is 0 Å². The number of hydrogen-bond donors (Lipinski definition) is 3. The maximum absolute atomic E-state index is 10.9. The summed E-state index contributed by atoms with van der Waals surface area (Å²) < 4.78 is 10.6. The van der Waals surface area contributed by atoms with Crippen molar-refractivity contribution >= 4 is 6.09 Å². The molecule has 0 aliphatic carbocycles. The number of amides is 1. The van der Waals surface area contributed by atoms with E-state index in [1.165, 1.54) is 7.05 Å². The molecule has 1 unspecified atom stereocenters. The highest BCUT2D eigenvalue weighted by Gasteiger charge is 2.06. The van der Waals surface area contributed by atoms with Gasteiger partial charge in [-0.3, -0.25) is 0 Å². The number of carbonyl (C=O) groups is 1. The second kappa shape index (κ2) is 10.9. The minimum Gasteiger partial charge on any atom is -0.491 e. The largest absolute Gasteiger partial charge is 0.491 e. The van der Waals surface area contributed by atoms with Crippen LogP contribution in [0.15, 0.2) is 24.3 Å². The molecule has 0 bridgehead atoms. The molecule has 0 aliphatic heterocycles. The van der Waals surface area contributed by atoms with E-state index in [1.54, 1.807) is 0 Å². The molecule has 23 heavy (non-hydrogen) atoms. The Morgan fingerprint density at radius 3 is 2.83 bits per heavy atom. The Kier molecular flexibility index (Phi) is 9.09. The topological polar surface area (TPSA) is 79.8 Å². The van der Waals surface area contributed by atoms with Gasteiger partial charge in [0.2, 0.25) is 0 Å². The molecule has 130 valence electrons. The molecule has 0 saturated carbocycles. The molecule has 0 heterocycles. The number of aliphatic hydroxyl groups excluding tert-OH is 1. The van der Waals surface area contributed by atoms with Crippen LogP contribution in [-0.2, 0) is 11.2 Å². The number of hydrogen-bond acceptors (Lipinski definition) is 5. The number of ether oxygens (including phenoxy) is 2. The third-order valence-corrected chi connectivity index (χ3v) is 3.15. The van der Waals surface area contributed by atoms with E-state index in [1.807, 2.05) is 38.1 Å². The number of carbonyl (C=O) groups excluding carboxylic acids is 1. The molecule has 0 fully saturated rings. The van der Waals surface area contributed by atoms with Gasteiger partial charge < -0.3 is 25.2 Å². The van der Waals surface area contributed by atoms with E-state index < -0.39 is 12.2 Å². The average Bonchev–Trinajstić information content (AvgIpc) is 2.55. The lowest BCUT2D eigenvalue weighted by molar-refractivity contribution is 0.104. The van der Waals surface area contributed by atoms with Gasteiger partial charge in [-0.25, -0.2) is 4.79 Å². The fourth-order valence-corrected chi connectivity index (χ4v) is 1.93. The van der Waals surface area contributed by atoms with E-state index in [9.17, 15) is 9.90 Å². The molecular weight excluding hydrogens is 296 g/mol. The third-order valence-electron chi connectivity index (χ3n) is 3.15. The van der Waals surface area contributed by atoms with Crippen LogP contribution in [0.5, 0.6) is 5.75 Å². The van der Waals surface area contributed by atoms with Gasteiger partial charge in [0, 0.05) is 19.6 Å². The second-order valence-corrected chi connectivity index (χ2v) is 5.66. The van der Waals surface area contributed by atoms with E-state index in [0.29, 0.717) is 19.2 Å². The molecule has 3 N–H and O–H groups in total. The average molecular weight is 324 g/mol. The summed E-state index contributed by atoms with van der Waals surface area (Å²) in [7, 11) is 1.54. The number of rotatable bonds is 10. The summed E-state index contributed by atoms with van der Waals surface area (Å²) in [4.78, 5) is 10.9. The Bertz CT molecular complexity index is 466. The lowest BCUT2D eigenvalue weighted by Gasteiger charge is -2.15. The molecule has 6 heteroatoms. The lowest BCUT2D eigenvalue weighted by atomic mass is 10.1. The first kappa shape index (κ1) is 19.3. The predicted octanol–water partition coefficient (Wildman–Crippen LogP) is 1.71. The predicted molar refractivity (Wildman–Crippen MR) is 89.8 cm³/mol. The van der Waals surface area contributed by atoms with Crippen LogP contribution in [0.25, 0.3) is 0 Å². The Morgan fingerprint density at radius 2 is 2.13 bits per heavy atom. The van der Waals surface area contributed by atoms with E-state index in [4.69, 9.17) is 9.47 Å². The van der Waals surface area contributed by atoms with E-state index in [-0.39, 0.29) is 6.61 Å². The van der Waals surface area contributed by atoms with E-state index in [0.717, 1.165) is 24.2 Å². The zero-order valence-corrected chi connectivity index (χ0v) is 14.2. The van der Waals surface area contributed by atoms with Crippen LogP contribution in [0.3, 0.4) is 0 Å². The van der Waals surface area contributed by atoms with E-state index in [2.05, 4.69) is 10.6 Å². The highest BCUT2D eigenvalue weighted by molar-refractivity contribution is 5.66. The first-order chi connectivity index (χ1) is 11.0. The van der Waals surface area contributed by atoms with Gasteiger partial charge in [-0.1, -0.05) is 26.0 Å². The molecule has 1 aromatic carbocycles. The van der Waals surface area contributed by atoms with Crippen molar-refractivity contribution in [3.05, 3.63) is 29.8 Å². The smallest absolute Gasteiger partial charge is 0.406 e. The van der Waals surface area contributed by atoms with Crippen LogP contribution in [0.1, 0.15) is 25.8 Å². The summed E-state index contributed by atoms with van der Waals surface area (Å²) in [5, 5.41) is 15.4. The van der Waals surface area contributed by atoms with Crippen molar-refractivity contribution in [3.63, 3.8) is 0 Å². The summed E-state index contributed by atoms with van der Waals surface area (Å²) in [6, 6.07) is 8.08. The van der Waals surface area contributed by atoms with Crippen molar-refractivity contribution in [1.29, 1.82) is 0 Å². The van der Waals surface area contributed by atoms with Crippen LogP contribution < -0.4 is 15.4 Å². The molecule has 1 aromatic rings. The van der Waals surface area contributed by atoms with Gasteiger partial charge in [0.25, 0.3) is 0 Å². The van der Waals surface area contributed by atoms with Crippen LogP contribution in [0.4, 0.5) is 4.79 Å². The Balaban J connectivity index is 2.31. The van der Waals surface area contributed by atoms with Crippen LogP contribution in [0, 0.1) is 0 Å². The van der Waals surface area contributed by atoms with Crippen LogP contribution in [0.2, 0.25) is 0 Å². The monoisotopic (exact) mass is 324 g/mol. The highest BCUT2D eigenvalue weighted by Crippen LogP contribution is 2.15. The second-order valence-electron chi connectivity index (χ2n) is 5.66. The summed E-state index contributed by atoms with van der Waals surface area (Å²) >= 11 is 0. The Labute approximate surface area is 138 Å². The van der Waals surface area contributed by atoms with Crippen LogP contribution in [-0.4, -0.2) is 50.2 Å². The Morgan fingerprint density at radius 1 is 1.35 bits per heavy atom. The number of aryl methyl sites for hydroxylation is 1. The summed E-state index contributed by atoms with van der Waals surface area (Å²) in [6.45, 7) is 5.21. The first-order valence-corrected chi connectivity index (χ1v) is 7.99. The standard InChI is InChI=1S/C17H28N2O4/c1-13(2)19-11-15(20)12-23-16-8-4-6-14(10-16)7-5-9-22-17(21)18-3/h4,6,8,10,13,15,19-20H,5,7,9,11-12H2,1-3H3,(H,18,21). The number of alkyl carbamates (subject to hydrolysis) is 1. The molecule has 1 amide bonds. The molecular formula is C17H28N2O4. The first-order valence-electron chi connectivity index (χ1n) is 7.99. The van der Waals surface area contributed by atoms with Gasteiger partial charge in [0.15, 0.2) is 0 Å². The van der Waals surface area contributed by atoms with Crippen molar-refractivity contribution in [2.45, 2.75) is 38.8 Å². The Hall–Kier alpha value is -1.79. The van der Waals surface area contributed by atoms with Crippen molar-refractivity contribution < 1.29 is 19.4 Å². The SMILES string of the molecule is CNC(=O)OCCCc1cccc(OCC(O)CNC(C)C)c1. The summed E-state index contributed by atoms with van der Waals surface area (Å²) in [6.07, 6.45) is 0.594. The zero-order valence-electron chi connectivity index (χ0n) is 14.2. The molecule has 6 nitrogen and oxygen atoms in total. The summed E-state index contributed by atoms with van der Waals surface area (Å²) in [5.74, 6) is 0.735. The minimum atomic E-state index is -0.540. The van der Waals surface area contributed by atoms with Crippen molar-refractivity contribution in [2.24, 2.45) is 0 Å². The fraction of sp³-hybridized carbons (Fsp3) is 0.588. The lowest BCUT2D eigenvalue weighted by Crippen LogP contribution is -2.35. The number of benzene rings is 1. The quantitative estimate of drug-likeness (QED) is 0.571. The third kappa shape index (κ3) is 9.05. The van der Waals surface area contributed by atoms with Crippen molar-refractivity contribution in [1.82, 2.24) is 10.6 Å². The minimum absolute atomic E-state index is 0.253. The molecule has 0 aromatic heterocycles. The number of nitrogens with one attached hydrogen (secondary N) is 2. The maximum Gasteiger partial charge on any atom is 0.406 e. The molecule has 0 saturated heterocycles. The molecule has 1 rings (SSSR count). The molecule has 0 spiro atoms. The van der Waals surface area contributed by atoms with Gasteiger partial charge in [0.05, 0.1) is 6.61 Å². The molecule has 0 aliphatic rings.